The molecule has 2 heterocycles. The second kappa shape index (κ2) is 10.2. The molecule has 2 aromatic carbocycles. The number of aromatic nitrogens is 2. The summed E-state index contributed by atoms with van der Waals surface area (Å²) in [6.07, 6.45) is -9.64. The van der Waals surface area contributed by atoms with Crippen molar-refractivity contribution >= 4 is 40.1 Å². The standard InChI is InChI=1S/C23H14ClF7N4O3S/c1-33-17(23(29,30)31)8-18(36)35(21(33)38)16-7-15(13(24)6-14(16)25)32-20-34(19(37)10-39-20)9-11-3-2-4-12(5-11)22(26,27)28/h2-8H,9-10H2,1H3/b32-20-. The first-order valence-corrected chi connectivity index (χ1v) is 12.0. The number of rotatable bonds is 4. The minimum atomic E-state index is -5.03. The summed E-state index contributed by atoms with van der Waals surface area (Å²) in [6.45, 7) is -0.292. The number of nitrogens with zero attached hydrogens (tertiary/aromatic N) is 4. The van der Waals surface area contributed by atoms with Crippen LogP contribution in [0.4, 0.5) is 36.4 Å². The van der Waals surface area contributed by atoms with Gasteiger partial charge >= 0.3 is 18.0 Å². The Morgan fingerprint density at radius 2 is 1.69 bits per heavy atom. The molecular formula is C23H14ClF7N4O3S. The molecular weight excluding hydrogens is 581 g/mol. The van der Waals surface area contributed by atoms with Gasteiger partial charge < -0.3 is 0 Å². The van der Waals surface area contributed by atoms with Crippen molar-refractivity contribution in [3.05, 3.63) is 91.0 Å². The maximum Gasteiger partial charge on any atom is 0.431 e. The zero-order valence-electron chi connectivity index (χ0n) is 19.4. The summed E-state index contributed by atoms with van der Waals surface area (Å²) in [5.41, 5.74) is -6.31. The lowest BCUT2D eigenvalue weighted by Crippen LogP contribution is -2.41. The molecule has 0 spiro atoms. The van der Waals surface area contributed by atoms with Crippen LogP contribution in [0.3, 0.4) is 0 Å². The number of thioether (sulfide) groups is 1. The van der Waals surface area contributed by atoms with Crippen LogP contribution in [0, 0.1) is 5.82 Å². The molecule has 1 aliphatic rings. The highest BCUT2D eigenvalue weighted by atomic mass is 35.5. The van der Waals surface area contributed by atoms with E-state index in [2.05, 4.69) is 4.99 Å². The van der Waals surface area contributed by atoms with Crippen LogP contribution in [0.1, 0.15) is 16.8 Å². The molecule has 4 rings (SSSR count). The fourth-order valence-electron chi connectivity index (χ4n) is 3.67. The maximum atomic E-state index is 14.8. The molecule has 0 saturated carbocycles. The summed E-state index contributed by atoms with van der Waals surface area (Å²) in [5.74, 6) is -1.84. The number of amidine groups is 1. The number of hydrogen-bond donors (Lipinski definition) is 0. The summed E-state index contributed by atoms with van der Waals surface area (Å²) < 4.78 is 93.8. The molecule has 16 heteroatoms. The van der Waals surface area contributed by atoms with E-state index in [9.17, 15) is 45.1 Å². The highest BCUT2D eigenvalue weighted by Crippen LogP contribution is 2.34. The lowest BCUT2D eigenvalue weighted by molar-refractivity contribution is -0.144. The SMILES string of the molecule is Cn1c(C(F)(F)F)cc(=O)n(-c2cc(/N=C3\SCC(=O)N3Cc3cccc(C(F)(F)F)c3)c(Cl)cc2F)c1=O. The van der Waals surface area contributed by atoms with Gasteiger partial charge in [0.2, 0.25) is 5.91 Å². The zero-order chi connectivity index (χ0) is 28.9. The van der Waals surface area contributed by atoms with E-state index >= 15 is 0 Å². The molecule has 0 atom stereocenters. The summed E-state index contributed by atoms with van der Waals surface area (Å²) >= 11 is 6.98. The van der Waals surface area contributed by atoms with Crippen LogP contribution in [0.2, 0.25) is 5.02 Å². The number of hydrogen-bond acceptors (Lipinski definition) is 5. The lowest BCUT2D eigenvalue weighted by Gasteiger charge is -2.18. The van der Waals surface area contributed by atoms with Crippen molar-refractivity contribution in [3.63, 3.8) is 0 Å². The zero-order valence-corrected chi connectivity index (χ0v) is 21.0. The van der Waals surface area contributed by atoms with E-state index in [0.29, 0.717) is 6.07 Å². The molecule has 7 nitrogen and oxygen atoms in total. The van der Waals surface area contributed by atoms with Gasteiger partial charge in [-0.1, -0.05) is 35.5 Å². The fraction of sp³-hybridized carbons (Fsp3) is 0.217. The van der Waals surface area contributed by atoms with E-state index in [-0.39, 0.29) is 48.9 Å². The molecule has 3 aromatic rings. The summed E-state index contributed by atoms with van der Waals surface area (Å²) in [4.78, 5) is 42.7. The molecule has 1 saturated heterocycles. The highest BCUT2D eigenvalue weighted by Gasteiger charge is 2.36. The largest absolute Gasteiger partial charge is 0.431 e. The molecule has 0 radical (unpaired) electrons. The van der Waals surface area contributed by atoms with Crippen molar-refractivity contribution < 1.29 is 35.5 Å². The Morgan fingerprint density at radius 1 is 1.00 bits per heavy atom. The topological polar surface area (TPSA) is 76.7 Å². The van der Waals surface area contributed by atoms with Crippen LogP contribution in [-0.4, -0.2) is 30.9 Å². The average molecular weight is 595 g/mol. The molecule has 0 bridgehead atoms. The number of alkyl halides is 6. The van der Waals surface area contributed by atoms with Gasteiger partial charge in [-0.25, -0.2) is 18.7 Å². The number of benzene rings is 2. The van der Waals surface area contributed by atoms with E-state index in [1.807, 2.05) is 0 Å². The van der Waals surface area contributed by atoms with E-state index in [1.54, 1.807) is 0 Å². The van der Waals surface area contributed by atoms with Gasteiger partial charge in [0.1, 0.15) is 11.5 Å². The molecule has 0 aliphatic carbocycles. The van der Waals surface area contributed by atoms with Crippen molar-refractivity contribution in [3.8, 4) is 5.69 Å². The Labute approximate surface area is 223 Å². The maximum absolute atomic E-state index is 14.8. The number of amides is 1. The third-order valence-electron chi connectivity index (χ3n) is 5.54. The second-order valence-corrected chi connectivity index (χ2v) is 9.51. The summed E-state index contributed by atoms with van der Waals surface area (Å²) in [7, 11) is 0.752. The van der Waals surface area contributed by atoms with Crippen LogP contribution >= 0.6 is 23.4 Å². The van der Waals surface area contributed by atoms with Crippen LogP contribution < -0.4 is 11.2 Å². The average Bonchev–Trinajstić information content (AvgIpc) is 3.16. The summed E-state index contributed by atoms with van der Waals surface area (Å²) in [6, 6.07) is 5.93. The second-order valence-electron chi connectivity index (χ2n) is 8.16. The van der Waals surface area contributed by atoms with Crippen molar-refractivity contribution in [2.75, 3.05) is 5.75 Å². The molecule has 1 aromatic heterocycles. The first-order chi connectivity index (χ1) is 18.1. The smallest absolute Gasteiger partial charge is 0.292 e. The highest BCUT2D eigenvalue weighted by molar-refractivity contribution is 8.15. The van der Waals surface area contributed by atoms with Gasteiger partial charge in [-0.05, 0) is 29.8 Å². The minimum Gasteiger partial charge on any atom is -0.292 e. The first kappa shape index (κ1) is 28.4. The monoisotopic (exact) mass is 594 g/mol. The fourth-order valence-corrected chi connectivity index (χ4v) is 4.76. The lowest BCUT2D eigenvalue weighted by atomic mass is 10.1. The molecule has 206 valence electrons. The van der Waals surface area contributed by atoms with Crippen molar-refractivity contribution in [2.45, 2.75) is 18.9 Å². The first-order valence-electron chi connectivity index (χ1n) is 10.7. The normalized spacial score (nSPS) is 15.5. The third kappa shape index (κ3) is 5.73. The predicted molar refractivity (Wildman–Crippen MR) is 129 cm³/mol. The quantitative estimate of drug-likeness (QED) is 0.393. The van der Waals surface area contributed by atoms with E-state index < -0.39 is 52.3 Å². The van der Waals surface area contributed by atoms with E-state index in [0.717, 1.165) is 41.9 Å². The molecule has 0 unspecified atom stereocenters. The van der Waals surface area contributed by atoms with Gasteiger partial charge in [-0.3, -0.25) is 19.1 Å². The van der Waals surface area contributed by atoms with Crippen molar-refractivity contribution in [1.82, 2.24) is 14.0 Å². The van der Waals surface area contributed by atoms with E-state index in [4.69, 9.17) is 11.6 Å². The molecule has 1 amide bonds. The Morgan fingerprint density at radius 3 is 2.33 bits per heavy atom. The summed E-state index contributed by atoms with van der Waals surface area (Å²) in [5, 5.41) is -0.357. The van der Waals surface area contributed by atoms with Gasteiger partial charge in [0.05, 0.1) is 34.3 Å². The number of carbonyl (C=O) groups is 1. The Kier molecular flexibility index (Phi) is 7.42. The Balaban J connectivity index is 1.77. The van der Waals surface area contributed by atoms with Crippen LogP contribution in [0.15, 0.2) is 57.0 Å². The molecule has 0 N–H and O–H groups in total. The Hall–Kier alpha value is -3.59. The Bertz CT molecular complexity index is 1630. The van der Waals surface area contributed by atoms with Gasteiger partial charge in [-0.2, -0.15) is 26.3 Å². The number of aliphatic imine (C=N–C) groups is 1. The number of carbonyl (C=O) groups excluding carboxylic acids is 1. The van der Waals surface area contributed by atoms with Crippen molar-refractivity contribution in [2.24, 2.45) is 12.0 Å². The minimum absolute atomic E-state index is 0.0236. The number of halogens is 8. The van der Waals surface area contributed by atoms with E-state index in [1.165, 1.54) is 12.1 Å². The van der Waals surface area contributed by atoms with Crippen LogP contribution in [0.25, 0.3) is 5.69 Å². The molecule has 39 heavy (non-hydrogen) atoms. The molecule has 1 fully saturated rings. The van der Waals surface area contributed by atoms with Crippen LogP contribution in [0.5, 0.6) is 0 Å². The predicted octanol–water partition coefficient (Wildman–Crippen LogP) is 5.13. The van der Waals surface area contributed by atoms with Crippen molar-refractivity contribution in [1.29, 1.82) is 0 Å². The van der Waals surface area contributed by atoms with Gasteiger partial charge in [0, 0.05) is 13.1 Å². The van der Waals surface area contributed by atoms with Gasteiger partial charge in [0.25, 0.3) is 5.56 Å². The molecule has 1 aliphatic heterocycles. The van der Waals surface area contributed by atoms with Crippen LogP contribution in [-0.2, 0) is 30.7 Å². The third-order valence-corrected chi connectivity index (χ3v) is 6.80. The van der Waals surface area contributed by atoms with Gasteiger partial charge in [-0.15, -0.1) is 0 Å². The van der Waals surface area contributed by atoms with Gasteiger partial charge in [0.15, 0.2) is 5.17 Å².